The molecule has 0 saturated carbocycles. The number of aromatic hydroxyl groups is 2. The molecule has 0 atom stereocenters. The first-order valence-electron chi connectivity index (χ1n) is 10.2. The van der Waals surface area contributed by atoms with Crippen molar-refractivity contribution in [3.63, 3.8) is 0 Å². The quantitative estimate of drug-likeness (QED) is 0.340. The summed E-state index contributed by atoms with van der Waals surface area (Å²) in [6, 6.07) is 32.3. The van der Waals surface area contributed by atoms with Crippen molar-refractivity contribution in [3.05, 3.63) is 119 Å². The van der Waals surface area contributed by atoms with Crippen LogP contribution in [0, 0.1) is 0 Å². The van der Waals surface area contributed by atoms with Crippen molar-refractivity contribution in [2.24, 2.45) is 0 Å². The lowest BCUT2D eigenvalue weighted by Crippen LogP contribution is -1.95. The van der Waals surface area contributed by atoms with Crippen molar-refractivity contribution >= 4 is 21.5 Å². The maximum Gasteiger partial charge on any atom is 0.119 e. The first-order chi connectivity index (χ1) is 14.7. The van der Waals surface area contributed by atoms with Crippen LogP contribution in [0.25, 0.3) is 21.5 Å². The predicted octanol–water partition coefficient (Wildman–Crippen LogP) is 6.59. The van der Waals surface area contributed by atoms with Crippen LogP contribution in [-0.2, 0) is 12.8 Å². The number of fused-ring (bicyclic) bond motifs is 2. The van der Waals surface area contributed by atoms with Gasteiger partial charge in [-0.1, -0.05) is 84.9 Å². The van der Waals surface area contributed by atoms with Crippen LogP contribution in [0.3, 0.4) is 0 Å². The average Bonchev–Trinajstić information content (AvgIpc) is 2.77. The number of benzene rings is 5. The van der Waals surface area contributed by atoms with Crippen LogP contribution in [0.2, 0.25) is 0 Å². The molecule has 5 aromatic rings. The summed E-state index contributed by atoms with van der Waals surface area (Å²) in [5.41, 5.74) is 3.71. The van der Waals surface area contributed by atoms with Gasteiger partial charge >= 0.3 is 0 Å². The van der Waals surface area contributed by atoms with Crippen LogP contribution < -0.4 is 0 Å². The third kappa shape index (κ3) is 3.37. The van der Waals surface area contributed by atoms with E-state index in [4.69, 9.17) is 0 Å². The molecule has 0 fully saturated rings. The van der Waals surface area contributed by atoms with Crippen molar-refractivity contribution in [1.82, 2.24) is 0 Å². The summed E-state index contributed by atoms with van der Waals surface area (Å²) in [4.78, 5) is 0. The Morgan fingerprint density at radius 2 is 0.833 bits per heavy atom. The number of phenolic OH excluding ortho intramolecular Hbond substituents is 2. The number of hydrogen-bond acceptors (Lipinski definition) is 2. The van der Waals surface area contributed by atoms with E-state index in [0.29, 0.717) is 12.8 Å². The van der Waals surface area contributed by atoms with E-state index in [1.807, 2.05) is 36.4 Å². The minimum atomic E-state index is 0.218. The summed E-state index contributed by atoms with van der Waals surface area (Å²) in [6.07, 6.45) is 1.13. The Morgan fingerprint density at radius 1 is 0.433 bits per heavy atom. The zero-order valence-electron chi connectivity index (χ0n) is 16.5. The lowest BCUT2D eigenvalue weighted by atomic mass is 9.94. The van der Waals surface area contributed by atoms with Crippen LogP contribution in [0.5, 0.6) is 11.5 Å². The van der Waals surface area contributed by atoms with Gasteiger partial charge in [-0.2, -0.15) is 0 Å². The summed E-state index contributed by atoms with van der Waals surface area (Å²) in [5.74, 6) is 0.437. The number of rotatable bonds is 4. The Balaban J connectivity index is 1.49. The summed E-state index contributed by atoms with van der Waals surface area (Å²) in [7, 11) is 0. The molecule has 0 aliphatic rings. The minimum Gasteiger partial charge on any atom is -0.508 e. The van der Waals surface area contributed by atoms with E-state index in [2.05, 4.69) is 48.5 Å². The zero-order valence-corrected chi connectivity index (χ0v) is 16.5. The molecule has 0 unspecified atom stereocenters. The molecule has 0 bridgehead atoms. The molecule has 0 heterocycles. The van der Waals surface area contributed by atoms with Gasteiger partial charge in [-0.25, -0.2) is 0 Å². The molecular weight excluding hydrogens is 368 g/mol. The molecule has 0 aromatic heterocycles. The van der Waals surface area contributed by atoms with E-state index in [0.717, 1.165) is 22.3 Å². The monoisotopic (exact) mass is 390 g/mol. The molecule has 5 rings (SSSR count). The fourth-order valence-corrected chi connectivity index (χ4v) is 4.25. The Bertz CT molecular complexity index is 1250. The second-order valence-corrected chi connectivity index (χ2v) is 7.74. The second kappa shape index (κ2) is 7.57. The molecule has 146 valence electrons. The normalized spacial score (nSPS) is 11.2. The largest absolute Gasteiger partial charge is 0.508 e. The van der Waals surface area contributed by atoms with Crippen LogP contribution in [0.1, 0.15) is 22.3 Å². The molecule has 2 nitrogen and oxygen atoms in total. The number of hydrogen-bond donors (Lipinski definition) is 2. The predicted molar refractivity (Wildman–Crippen MR) is 123 cm³/mol. The highest BCUT2D eigenvalue weighted by atomic mass is 16.3. The highest BCUT2D eigenvalue weighted by molar-refractivity contribution is 5.87. The minimum absolute atomic E-state index is 0.218. The molecule has 0 amide bonds. The molecule has 0 aliphatic heterocycles. The van der Waals surface area contributed by atoms with Crippen LogP contribution >= 0.6 is 0 Å². The fraction of sp³-hybridized carbons (Fsp3) is 0.0714. The summed E-state index contributed by atoms with van der Waals surface area (Å²) >= 11 is 0. The van der Waals surface area contributed by atoms with Crippen molar-refractivity contribution < 1.29 is 10.2 Å². The smallest absolute Gasteiger partial charge is 0.119 e. The van der Waals surface area contributed by atoms with Gasteiger partial charge in [0.15, 0.2) is 0 Å². The summed E-state index contributed by atoms with van der Waals surface area (Å²) in [6.45, 7) is 0. The van der Waals surface area contributed by atoms with E-state index >= 15 is 0 Å². The molecular formula is C28H22O2. The van der Waals surface area contributed by atoms with Crippen molar-refractivity contribution in [2.75, 3.05) is 0 Å². The van der Waals surface area contributed by atoms with E-state index in [-0.39, 0.29) is 11.5 Å². The van der Waals surface area contributed by atoms with Crippen LogP contribution in [0.4, 0.5) is 0 Å². The summed E-state index contributed by atoms with van der Waals surface area (Å²) in [5, 5.41) is 26.1. The van der Waals surface area contributed by atoms with E-state index in [1.54, 1.807) is 12.1 Å². The SMILES string of the molecule is Oc1cc(Cc2cccc3ccccc23)c(O)cc1Cc1cccc2ccccc12. The van der Waals surface area contributed by atoms with Gasteiger partial charge in [-0.15, -0.1) is 0 Å². The fourth-order valence-electron chi connectivity index (χ4n) is 4.25. The van der Waals surface area contributed by atoms with Gasteiger partial charge in [0.25, 0.3) is 0 Å². The molecule has 5 aromatic carbocycles. The number of phenols is 2. The van der Waals surface area contributed by atoms with Gasteiger partial charge < -0.3 is 10.2 Å². The third-order valence-electron chi connectivity index (χ3n) is 5.80. The molecule has 2 heteroatoms. The molecule has 0 saturated heterocycles. The molecule has 30 heavy (non-hydrogen) atoms. The first-order valence-corrected chi connectivity index (χ1v) is 10.2. The van der Waals surface area contributed by atoms with Crippen molar-refractivity contribution in [1.29, 1.82) is 0 Å². The standard InChI is InChI=1S/C28H22O2/c29-27-18-24(16-22-12-6-10-20-8-2-4-14-26(20)22)28(30)17-23(27)15-21-11-5-9-19-7-1-3-13-25(19)21/h1-14,17-18,29-30H,15-16H2. The Kier molecular flexibility index (Phi) is 4.61. The van der Waals surface area contributed by atoms with Gasteiger partial charge in [-0.05, 0) is 44.8 Å². The second-order valence-electron chi connectivity index (χ2n) is 7.74. The molecule has 0 aliphatic carbocycles. The topological polar surface area (TPSA) is 40.5 Å². The van der Waals surface area contributed by atoms with E-state index in [1.165, 1.54) is 21.5 Å². The highest BCUT2D eigenvalue weighted by Gasteiger charge is 2.12. The Morgan fingerprint density at radius 3 is 1.30 bits per heavy atom. The molecule has 0 radical (unpaired) electrons. The lowest BCUT2D eigenvalue weighted by molar-refractivity contribution is 0.451. The molecule has 0 spiro atoms. The van der Waals surface area contributed by atoms with Crippen LogP contribution in [0.15, 0.2) is 97.1 Å². The summed E-state index contributed by atoms with van der Waals surface area (Å²) < 4.78 is 0. The van der Waals surface area contributed by atoms with Crippen molar-refractivity contribution in [2.45, 2.75) is 12.8 Å². The average molecular weight is 390 g/mol. The van der Waals surface area contributed by atoms with Gasteiger partial charge in [-0.3, -0.25) is 0 Å². The van der Waals surface area contributed by atoms with Gasteiger partial charge in [0.2, 0.25) is 0 Å². The Labute approximate surface area is 175 Å². The van der Waals surface area contributed by atoms with E-state index < -0.39 is 0 Å². The van der Waals surface area contributed by atoms with Gasteiger partial charge in [0.1, 0.15) is 11.5 Å². The highest BCUT2D eigenvalue weighted by Crippen LogP contribution is 2.33. The van der Waals surface area contributed by atoms with Gasteiger partial charge in [0.05, 0.1) is 0 Å². The van der Waals surface area contributed by atoms with E-state index in [9.17, 15) is 10.2 Å². The third-order valence-corrected chi connectivity index (χ3v) is 5.80. The first kappa shape index (κ1) is 18.3. The molecule has 2 N–H and O–H groups in total. The van der Waals surface area contributed by atoms with Crippen LogP contribution in [-0.4, -0.2) is 10.2 Å². The van der Waals surface area contributed by atoms with Gasteiger partial charge in [0, 0.05) is 24.0 Å². The maximum atomic E-state index is 10.7. The zero-order chi connectivity index (χ0) is 20.5. The Hall–Kier alpha value is -3.78. The maximum absolute atomic E-state index is 10.7. The van der Waals surface area contributed by atoms with Crippen molar-refractivity contribution in [3.8, 4) is 11.5 Å². The lowest BCUT2D eigenvalue weighted by Gasteiger charge is -2.13.